The molecule has 2 heterocycles. The van der Waals surface area contributed by atoms with E-state index in [1.807, 2.05) is 25.1 Å². The summed E-state index contributed by atoms with van der Waals surface area (Å²) in [6.45, 7) is 7.03. The molecule has 2 nitrogen and oxygen atoms in total. The van der Waals surface area contributed by atoms with Gasteiger partial charge in [0.25, 0.3) is 6.43 Å². The Morgan fingerprint density at radius 2 is 1.96 bits per heavy atom. The smallest absolute Gasteiger partial charge is 0.264 e. The molecule has 1 aliphatic heterocycles. The van der Waals surface area contributed by atoms with Crippen molar-refractivity contribution in [2.45, 2.75) is 46.1 Å². The molecule has 23 heavy (non-hydrogen) atoms. The van der Waals surface area contributed by atoms with Crippen LogP contribution in [-0.4, -0.2) is 17.6 Å². The maximum absolute atomic E-state index is 13.7. The van der Waals surface area contributed by atoms with E-state index in [0.29, 0.717) is 11.6 Å². The lowest BCUT2D eigenvalue weighted by atomic mass is 9.91. The van der Waals surface area contributed by atoms with Crippen molar-refractivity contribution < 1.29 is 8.78 Å². The zero-order valence-corrected chi connectivity index (χ0v) is 13.8. The Labute approximate surface area is 136 Å². The first kappa shape index (κ1) is 15.9. The summed E-state index contributed by atoms with van der Waals surface area (Å²) in [5.74, 6) is 0. The molecular weight excluding hydrogens is 294 g/mol. The number of benzene rings is 1. The van der Waals surface area contributed by atoms with Gasteiger partial charge in [-0.05, 0) is 74.6 Å². The van der Waals surface area contributed by atoms with Crippen LogP contribution in [0.15, 0.2) is 30.5 Å². The van der Waals surface area contributed by atoms with Gasteiger partial charge in [-0.1, -0.05) is 0 Å². The topological polar surface area (TPSA) is 16.1 Å². The van der Waals surface area contributed by atoms with Gasteiger partial charge in [0.2, 0.25) is 0 Å². The fourth-order valence-electron chi connectivity index (χ4n) is 3.36. The summed E-state index contributed by atoms with van der Waals surface area (Å²) in [5.41, 5.74) is 4.54. The molecule has 0 unspecified atom stereocenters. The largest absolute Gasteiger partial charge is 0.369 e. The number of nitrogens with zero attached hydrogens (tertiary/aromatic N) is 2. The first-order valence-corrected chi connectivity index (χ1v) is 8.12. The molecular formula is C19H22F2N2. The summed E-state index contributed by atoms with van der Waals surface area (Å²) >= 11 is 0. The van der Waals surface area contributed by atoms with Crippen LogP contribution in [0.3, 0.4) is 0 Å². The van der Waals surface area contributed by atoms with Crippen molar-refractivity contribution in [1.29, 1.82) is 0 Å². The second-order valence-electron chi connectivity index (χ2n) is 6.45. The van der Waals surface area contributed by atoms with E-state index in [0.717, 1.165) is 36.3 Å². The molecule has 0 N–H and O–H groups in total. The van der Waals surface area contributed by atoms with Crippen LogP contribution >= 0.6 is 0 Å². The molecule has 3 rings (SSSR count). The highest BCUT2D eigenvalue weighted by molar-refractivity contribution is 5.74. The van der Waals surface area contributed by atoms with Crippen LogP contribution in [0, 0.1) is 6.92 Å². The zero-order chi connectivity index (χ0) is 16.6. The van der Waals surface area contributed by atoms with Crippen LogP contribution in [0.1, 0.15) is 43.5 Å². The van der Waals surface area contributed by atoms with Gasteiger partial charge < -0.3 is 4.90 Å². The van der Waals surface area contributed by atoms with Crippen molar-refractivity contribution in [2.24, 2.45) is 0 Å². The number of aromatic nitrogens is 1. The van der Waals surface area contributed by atoms with E-state index in [2.05, 4.69) is 23.7 Å². The van der Waals surface area contributed by atoms with Gasteiger partial charge in [-0.25, -0.2) is 8.78 Å². The third-order valence-electron chi connectivity index (χ3n) is 4.47. The average molecular weight is 316 g/mol. The Morgan fingerprint density at radius 3 is 2.61 bits per heavy atom. The Kier molecular flexibility index (Phi) is 4.33. The van der Waals surface area contributed by atoms with Gasteiger partial charge in [0.15, 0.2) is 0 Å². The molecule has 0 bridgehead atoms. The van der Waals surface area contributed by atoms with Gasteiger partial charge in [-0.15, -0.1) is 0 Å². The maximum atomic E-state index is 13.7. The third kappa shape index (κ3) is 3.07. The van der Waals surface area contributed by atoms with Crippen LogP contribution in [0.25, 0.3) is 11.1 Å². The van der Waals surface area contributed by atoms with Crippen molar-refractivity contribution >= 4 is 5.69 Å². The molecule has 1 aliphatic rings. The average Bonchev–Trinajstić information content (AvgIpc) is 2.52. The minimum atomic E-state index is -2.49. The van der Waals surface area contributed by atoms with E-state index in [-0.39, 0.29) is 5.56 Å². The van der Waals surface area contributed by atoms with Crippen LogP contribution in [0.4, 0.5) is 14.5 Å². The van der Waals surface area contributed by atoms with E-state index >= 15 is 0 Å². The minimum Gasteiger partial charge on any atom is -0.369 e. The molecule has 0 amide bonds. The van der Waals surface area contributed by atoms with Crippen molar-refractivity contribution in [1.82, 2.24) is 4.98 Å². The highest BCUT2D eigenvalue weighted by Gasteiger charge is 2.24. The maximum Gasteiger partial charge on any atom is 0.264 e. The number of rotatable bonds is 3. The third-order valence-corrected chi connectivity index (χ3v) is 4.47. The van der Waals surface area contributed by atoms with Gasteiger partial charge >= 0.3 is 0 Å². The van der Waals surface area contributed by atoms with Crippen LogP contribution in [0.5, 0.6) is 0 Å². The molecule has 0 spiro atoms. The second-order valence-corrected chi connectivity index (χ2v) is 6.45. The predicted octanol–water partition coefficient (Wildman–Crippen LogP) is 5.16. The number of pyridine rings is 1. The number of alkyl halides is 2. The number of halogens is 2. The van der Waals surface area contributed by atoms with Gasteiger partial charge in [0, 0.05) is 35.7 Å². The Morgan fingerprint density at radius 1 is 1.17 bits per heavy atom. The highest BCUT2D eigenvalue weighted by atomic mass is 19.3. The van der Waals surface area contributed by atoms with Gasteiger partial charge in [-0.2, -0.15) is 0 Å². The molecule has 122 valence electrons. The summed E-state index contributed by atoms with van der Waals surface area (Å²) in [7, 11) is 0. The predicted molar refractivity (Wildman–Crippen MR) is 90.2 cm³/mol. The van der Waals surface area contributed by atoms with Gasteiger partial charge in [0.1, 0.15) is 0 Å². The van der Waals surface area contributed by atoms with Gasteiger partial charge in [-0.3, -0.25) is 4.98 Å². The molecule has 0 saturated heterocycles. The highest BCUT2D eigenvalue weighted by Crippen LogP contribution is 2.39. The zero-order valence-electron chi connectivity index (χ0n) is 13.8. The molecule has 0 radical (unpaired) electrons. The minimum absolute atomic E-state index is 0.113. The molecule has 4 heteroatoms. The Hall–Kier alpha value is -1.97. The van der Waals surface area contributed by atoms with Gasteiger partial charge in [0.05, 0.1) is 0 Å². The summed E-state index contributed by atoms with van der Waals surface area (Å²) in [6, 6.07) is 7.65. The van der Waals surface area contributed by atoms with E-state index in [9.17, 15) is 8.78 Å². The lowest BCUT2D eigenvalue weighted by Gasteiger charge is -2.35. The van der Waals surface area contributed by atoms with E-state index in [1.54, 1.807) is 12.3 Å². The SMILES string of the molecule is Cc1cc(-c2cc3c(cc2C(F)F)N(C(C)C)CCC3)ccn1. The fourth-order valence-corrected chi connectivity index (χ4v) is 3.36. The Balaban J connectivity index is 2.17. The van der Waals surface area contributed by atoms with E-state index in [1.165, 1.54) is 5.56 Å². The first-order chi connectivity index (χ1) is 11.0. The first-order valence-electron chi connectivity index (χ1n) is 8.12. The molecule has 1 aromatic carbocycles. The summed E-state index contributed by atoms with van der Waals surface area (Å²) in [4.78, 5) is 6.40. The summed E-state index contributed by atoms with van der Waals surface area (Å²) in [5, 5.41) is 0. The standard InChI is InChI=1S/C19H22F2N2/c1-12(2)23-8-4-5-15-10-16(14-6-7-22-13(3)9-14)17(19(20)21)11-18(15)23/h6-7,9-12,19H,4-5,8H2,1-3H3. The van der Waals surface area contributed by atoms with Crippen molar-refractivity contribution in [3.05, 3.63) is 47.3 Å². The molecule has 0 aliphatic carbocycles. The second kappa shape index (κ2) is 6.26. The van der Waals surface area contributed by atoms with Crippen molar-refractivity contribution in [2.75, 3.05) is 11.4 Å². The molecule has 0 saturated carbocycles. The number of anilines is 1. The van der Waals surface area contributed by atoms with E-state index in [4.69, 9.17) is 0 Å². The lowest BCUT2D eigenvalue weighted by molar-refractivity contribution is 0.152. The number of hydrogen-bond acceptors (Lipinski definition) is 2. The number of aryl methyl sites for hydroxylation is 2. The summed E-state index contributed by atoms with van der Waals surface area (Å²) in [6.07, 6.45) is 1.20. The molecule has 1 aromatic heterocycles. The molecule has 0 atom stereocenters. The van der Waals surface area contributed by atoms with Crippen LogP contribution < -0.4 is 4.90 Å². The molecule has 2 aromatic rings. The van der Waals surface area contributed by atoms with E-state index < -0.39 is 6.43 Å². The summed E-state index contributed by atoms with van der Waals surface area (Å²) < 4.78 is 27.4. The normalized spacial score (nSPS) is 14.5. The fraction of sp³-hybridized carbons (Fsp3) is 0.421. The quantitative estimate of drug-likeness (QED) is 0.778. The molecule has 0 fully saturated rings. The van der Waals surface area contributed by atoms with Crippen LogP contribution in [-0.2, 0) is 6.42 Å². The van der Waals surface area contributed by atoms with Crippen LogP contribution in [0.2, 0.25) is 0 Å². The van der Waals surface area contributed by atoms with Crippen molar-refractivity contribution in [3.63, 3.8) is 0 Å². The number of hydrogen-bond donors (Lipinski definition) is 0. The Bertz CT molecular complexity index is 711. The number of fused-ring (bicyclic) bond motifs is 1. The van der Waals surface area contributed by atoms with Crippen molar-refractivity contribution in [3.8, 4) is 11.1 Å². The lowest BCUT2D eigenvalue weighted by Crippen LogP contribution is -2.35. The monoisotopic (exact) mass is 316 g/mol.